The first-order valence-electron chi connectivity index (χ1n) is 10.2. The first-order chi connectivity index (χ1) is 13.5. The molecule has 0 atom stereocenters. The summed E-state index contributed by atoms with van der Waals surface area (Å²) in [5.74, 6) is -0.441. The van der Waals surface area contributed by atoms with E-state index < -0.39 is 5.97 Å². The molecule has 2 aromatic carbocycles. The average molecular weight is 394 g/mol. The minimum atomic E-state index is -0.945. The number of rotatable bonds is 4. The first-order valence-corrected chi connectivity index (χ1v) is 10.2. The van der Waals surface area contributed by atoms with Crippen LogP contribution in [0.2, 0.25) is 0 Å². The third kappa shape index (κ3) is 4.52. The molecule has 0 bridgehead atoms. The van der Waals surface area contributed by atoms with Crippen molar-refractivity contribution in [3.63, 3.8) is 0 Å². The van der Waals surface area contributed by atoms with Crippen LogP contribution in [0.25, 0.3) is 0 Å². The molecule has 1 N–H and O–H groups in total. The van der Waals surface area contributed by atoms with Crippen molar-refractivity contribution in [3.05, 3.63) is 64.7 Å². The van der Waals surface area contributed by atoms with Crippen molar-refractivity contribution in [2.24, 2.45) is 4.99 Å². The Balaban J connectivity index is 2.05. The highest BCUT2D eigenvalue weighted by Crippen LogP contribution is 2.46. The van der Waals surface area contributed by atoms with Crippen LogP contribution in [0.4, 0.5) is 5.69 Å². The molecule has 4 heteroatoms. The molecule has 0 aliphatic heterocycles. The first kappa shape index (κ1) is 21.1. The van der Waals surface area contributed by atoms with Crippen molar-refractivity contribution in [2.75, 3.05) is 0 Å². The van der Waals surface area contributed by atoms with E-state index >= 15 is 0 Å². The second-order valence-electron chi connectivity index (χ2n) is 9.46. The largest absolute Gasteiger partial charge is 0.478 e. The van der Waals surface area contributed by atoms with E-state index in [4.69, 9.17) is 14.8 Å². The monoisotopic (exact) mass is 393 g/mol. The van der Waals surface area contributed by atoms with E-state index in [2.05, 4.69) is 45.9 Å². The Kier molecular flexibility index (Phi) is 5.57. The summed E-state index contributed by atoms with van der Waals surface area (Å²) in [7, 11) is 0. The Morgan fingerprint density at radius 1 is 0.931 bits per heavy atom. The molecule has 29 heavy (non-hydrogen) atoms. The third-order valence-corrected chi connectivity index (χ3v) is 5.79. The van der Waals surface area contributed by atoms with Gasteiger partial charge >= 0.3 is 5.97 Å². The topological polar surface area (TPSA) is 58.9 Å². The highest BCUT2D eigenvalue weighted by atomic mass is 16.5. The molecular weight excluding hydrogens is 362 g/mol. The van der Waals surface area contributed by atoms with Crippen LogP contribution >= 0.6 is 0 Å². The molecule has 1 aliphatic rings. The van der Waals surface area contributed by atoms with Gasteiger partial charge in [0.15, 0.2) is 0 Å². The summed E-state index contributed by atoms with van der Waals surface area (Å²) in [6.07, 6.45) is 2.28. The maximum absolute atomic E-state index is 11.1. The summed E-state index contributed by atoms with van der Waals surface area (Å²) in [5, 5.41) is 9.14. The number of nitrogens with zero attached hydrogens (tertiary/aromatic N) is 1. The number of ether oxygens (including phenoxy) is 1. The maximum atomic E-state index is 11.1. The lowest BCUT2D eigenvalue weighted by molar-refractivity contribution is 0.0697. The van der Waals surface area contributed by atoms with Crippen molar-refractivity contribution in [2.45, 2.75) is 71.3 Å². The Bertz CT molecular complexity index is 937. The lowest BCUT2D eigenvalue weighted by Gasteiger charge is -2.41. The normalized spacial score (nSPS) is 17.7. The minimum Gasteiger partial charge on any atom is -0.478 e. The summed E-state index contributed by atoms with van der Waals surface area (Å²) in [6, 6.07) is 13.1. The van der Waals surface area contributed by atoms with Crippen LogP contribution in [0.5, 0.6) is 0 Å². The highest BCUT2D eigenvalue weighted by molar-refractivity contribution is 5.97. The number of carbonyl (C=O) groups is 1. The zero-order valence-electron chi connectivity index (χ0n) is 18.2. The molecule has 0 saturated heterocycles. The number of aliphatic imine (C=N–C) groups is 1. The molecule has 3 rings (SSSR count). The van der Waals surface area contributed by atoms with Crippen LogP contribution in [0.15, 0.2) is 47.5 Å². The van der Waals surface area contributed by atoms with Crippen LogP contribution in [-0.4, -0.2) is 23.1 Å². The lowest BCUT2D eigenvalue weighted by atomic mass is 9.63. The standard InChI is InChI=1S/C25H31NO3/c1-16(2)29-22(17-7-9-18(10-8-17)23(27)28)26-19-11-12-20-21(15-19)25(5,6)14-13-24(20,3)4/h7-12,15-16H,13-14H2,1-6H3,(H,27,28)/b26-22-. The van der Waals surface area contributed by atoms with Gasteiger partial charge in [-0.1, -0.05) is 33.8 Å². The number of hydrogen-bond donors (Lipinski definition) is 1. The lowest BCUT2D eigenvalue weighted by Crippen LogP contribution is -2.33. The predicted octanol–water partition coefficient (Wildman–Crippen LogP) is 6.24. The molecular formula is C25H31NO3. The second kappa shape index (κ2) is 7.66. The van der Waals surface area contributed by atoms with Gasteiger partial charge in [-0.25, -0.2) is 9.79 Å². The van der Waals surface area contributed by atoms with E-state index in [9.17, 15) is 4.79 Å². The van der Waals surface area contributed by atoms with Gasteiger partial charge in [-0.2, -0.15) is 0 Å². The fourth-order valence-electron chi connectivity index (χ4n) is 3.90. The number of aromatic carboxylic acids is 1. The Hall–Kier alpha value is -2.62. The molecule has 0 fully saturated rings. The zero-order valence-corrected chi connectivity index (χ0v) is 18.2. The van der Waals surface area contributed by atoms with Crippen LogP contribution < -0.4 is 0 Å². The van der Waals surface area contributed by atoms with Gasteiger partial charge in [-0.15, -0.1) is 0 Å². The number of carboxylic acids is 1. The van der Waals surface area contributed by atoms with Crippen LogP contribution in [0.3, 0.4) is 0 Å². The Labute approximate surface area is 173 Å². The average Bonchev–Trinajstić information content (AvgIpc) is 2.65. The van der Waals surface area contributed by atoms with E-state index in [-0.39, 0.29) is 22.5 Å². The molecule has 154 valence electrons. The number of carboxylic acid groups (broad SMARTS) is 1. The molecule has 4 nitrogen and oxygen atoms in total. The SMILES string of the molecule is CC(C)O/C(=N\c1ccc2c(c1)C(C)(C)CCC2(C)C)c1ccc(C(=O)O)cc1. The number of benzene rings is 2. The van der Waals surface area contributed by atoms with Gasteiger partial charge in [0.1, 0.15) is 0 Å². The van der Waals surface area contributed by atoms with Crippen LogP contribution in [0.1, 0.15) is 81.4 Å². The third-order valence-electron chi connectivity index (χ3n) is 5.79. The molecule has 0 aromatic heterocycles. The minimum absolute atomic E-state index is 0.0408. The molecule has 0 heterocycles. The van der Waals surface area contributed by atoms with Crippen LogP contribution in [0, 0.1) is 0 Å². The smallest absolute Gasteiger partial charge is 0.335 e. The fourth-order valence-corrected chi connectivity index (χ4v) is 3.90. The summed E-state index contributed by atoms with van der Waals surface area (Å²) in [6.45, 7) is 13.1. The second-order valence-corrected chi connectivity index (χ2v) is 9.46. The van der Waals surface area contributed by atoms with Gasteiger partial charge in [0, 0.05) is 5.56 Å². The fraction of sp³-hybridized carbons (Fsp3) is 0.440. The van der Waals surface area contributed by atoms with E-state index in [0.29, 0.717) is 5.90 Å². The molecule has 0 saturated carbocycles. The van der Waals surface area contributed by atoms with Crippen molar-refractivity contribution >= 4 is 17.6 Å². The molecule has 1 aliphatic carbocycles. The van der Waals surface area contributed by atoms with E-state index in [1.165, 1.54) is 17.5 Å². The highest BCUT2D eigenvalue weighted by Gasteiger charge is 2.37. The maximum Gasteiger partial charge on any atom is 0.335 e. The summed E-state index contributed by atoms with van der Waals surface area (Å²) in [4.78, 5) is 16.0. The molecule has 0 spiro atoms. The molecule has 0 unspecified atom stereocenters. The van der Waals surface area contributed by atoms with Gasteiger partial charge in [-0.3, -0.25) is 0 Å². The molecule has 0 radical (unpaired) electrons. The Morgan fingerprint density at radius 2 is 1.48 bits per heavy atom. The van der Waals surface area contributed by atoms with Crippen molar-refractivity contribution in [1.82, 2.24) is 0 Å². The quantitative estimate of drug-likeness (QED) is 0.494. The summed E-state index contributed by atoms with van der Waals surface area (Å²) >= 11 is 0. The van der Waals surface area contributed by atoms with E-state index in [0.717, 1.165) is 17.7 Å². The summed E-state index contributed by atoms with van der Waals surface area (Å²) < 4.78 is 5.98. The molecule has 0 amide bonds. The molecule has 2 aromatic rings. The number of hydrogen-bond acceptors (Lipinski definition) is 3. The van der Waals surface area contributed by atoms with Gasteiger partial charge in [0.2, 0.25) is 5.90 Å². The summed E-state index contributed by atoms with van der Waals surface area (Å²) in [5.41, 5.74) is 4.88. The van der Waals surface area contributed by atoms with Gasteiger partial charge in [-0.05, 0) is 85.0 Å². The number of fused-ring (bicyclic) bond motifs is 1. The van der Waals surface area contributed by atoms with Crippen molar-refractivity contribution in [3.8, 4) is 0 Å². The van der Waals surface area contributed by atoms with Gasteiger partial charge < -0.3 is 9.84 Å². The zero-order chi connectivity index (χ0) is 21.4. The van der Waals surface area contributed by atoms with Crippen molar-refractivity contribution < 1.29 is 14.6 Å². The van der Waals surface area contributed by atoms with E-state index in [1.807, 2.05) is 13.8 Å². The van der Waals surface area contributed by atoms with Crippen LogP contribution in [-0.2, 0) is 15.6 Å². The van der Waals surface area contributed by atoms with Gasteiger partial charge in [0.05, 0.1) is 17.4 Å². The van der Waals surface area contributed by atoms with Crippen molar-refractivity contribution in [1.29, 1.82) is 0 Å². The Morgan fingerprint density at radius 3 is 2.03 bits per heavy atom. The van der Waals surface area contributed by atoms with Gasteiger partial charge in [0.25, 0.3) is 0 Å². The predicted molar refractivity (Wildman–Crippen MR) is 118 cm³/mol. The van der Waals surface area contributed by atoms with E-state index in [1.54, 1.807) is 24.3 Å².